The fraction of sp³-hybridized carbons (Fsp3) is 0.857. The van der Waals surface area contributed by atoms with Crippen LogP contribution in [0.4, 0.5) is 0 Å². The third kappa shape index (κ3) is 7.29. The molecule has 0 aromatic heterocycles. The van der Waals surface area contributed by atoms with Gasteiger partial charge in [0.05, 0.1) is 0 Å². The molecule has 0 saturated carbocycles. The van der Waals surface area contributed by atoms with E-state index in [-0.39, 0.29) is 12.5 Å². The molecule has 0 radical (unpaired) electrons. The Morgan fingerprint density at radius 1 is 1.55 bits per heavy atom. The molecule has 11 heavy (non-hydrogen) atoms. The lowest BCUT2D eigenvalue weighted by Crippen LogP contribution is -2.33. The summed E-state index contributed by atoms with van der Waals surface area (Å²) in [5.74, 6) is -0.0608. The average Bonchev–Trinajstić information content (AvgIpc) is 1.87. The van der Waals surface area contributed by atoms with Crippen LogP contribution in [0.3, 0.4) is 0 Å². The maximum Gasteiger partial charge on any atom is 0.246 e. The number of carbonyl (C=O) groups is 1. The highest BCUT2D eigenvalue weighted by Crippen LogP contribution is 1.72. The molecular weight excluding hydrogens is 144 g/mol. The topological polar surface area (TPSA) is 41.6 Å². The molecule has 1 amide bonds. The third-order valence-electron chi connectivity index (χ3n) is 1.16. The Kier molecular flexibility index (Phi) is 5.78. The normalized spacial score (nSPS) is 10.2. The summed E-state index contributed by atoms with van der Waals surface area (Å²) in [6.07, 6.45) is 0. The van der Waals surface area contributed by atoms with E-state index in [1.54, 1.807) is 0 Å². The summed E-state index contributed by atoms with van der Waals surface area (Å²) in [7, 11) is 5.43. The summed E-state index contributed by atoms with van der Waals surface area (Å²) in [5, 5.41) is 2.71. The molecule has 0 fully saturated rings. The zero-order chi connectivity index (χ0) is 8.69. The molecule has 0 aliphatic heterocycles. The number of amides is 1. The van der Waals surface area contributed by atoms with Crippen LogP contribution in [-0.2, 0) is 9.53 Å². The van der Waals surface area contributed by atoms with Gasteiger partial charge in [0.2, 0.25) is 5.91 Å². The van der Waals surface area contributed by atoms with E-state index in [0.717, 1.165) is 6.54 Å². The van der Waals surface area contributed by atoms with Crippen LogP contribution < -0.4 is 5.32 Å². The van der Waals surface area contributed by atoms with Gasteiger partial charge in [0.1, 0.15) is 6.61 Å². The smallest absolute Gasteiger partial charge is 0.246 e. The number of ether oxygens (including phenoxy) is 1. The van der Waals surface area contributed by atoms with Gasteiger partial charge in [0, 0.05) is 20.2 Å². The van der Waals surface area contributed by atoms with E-state index in [1.807, 2.05) is 19.0 Å². The van der Waals surface area contributed by atoms with Crippen molar-refractivity contribution in [3.63, 3.8) is 0 Å². The summed E-state index contributed by atoms with van der Waals surface area (Å²) in [6.45, 7) is 1.68. The van der Waals surface area contributed by atoms with Gasteiger partial charge in [-0.3, -0.25) is 4.79 Å². The van der Waals surface area contributed by atoms with Crippen molar-refractivity contribution in [2.75, 3.05) is 40.9 Å². The Morgan fingerprint density at radius 3 is 2.64 bits per heavy atom. The molecule has 0 rings (SSSR count). The fourth-order valence-electron chi connectivity index (χ4n) is 0.601. The van der Waals surface area contributed by atoms with Crippen LogP contribution >= 0.6 is 0 Å². The van der Waals surface area contributed by atoms with Crippen LogP contribution in [0.5, 0.6) is 0 Å². The average molecular weight is 160 g/mol. The lowest BCUT2D eigenvalue weighted by molar-refractivity contribution is -0.124. The van der Waals surface area contributed by atoms with E-state index in [2.05, 4.69) is 10.1 Å². The van der Waals surface area contributed by atoms with Gasteiger partial charge in [-0.1, -0.05) is 0 Å². The minimum atomic E-state index is -0.0608. The van der Waals surface area contributed by atoms with E-state index >= 15 is 0 Å². The van der Waals surface area contributed by atoms with Crippen LogP contribution in [0, 0.1) is 0 Å². The lowest BCUT2D eigenvalue weighted by Gasteiger charge is -2.09. The molecule has 0 unspecified atom stereocenters. The predicted octanol–water partition coefficient (Wildman–Crippen LogP) is -0.689. The molecule has 0 heterocycles. The van der Waals surface area contributed by atoms with E-state index in [9.17, 15) is 4.79 Å². The van der Waals surface area contributed by atoms with Crippen LogP contribution in [0.2, 0.25) is 0 Å². The lowest BCUT2D eigenvalue weighted by atomic mass is 10.5. The van der Waals surface area contributed by atoms with E-state index in [0.29, 0.717) is 6.54 Å². The van der Waals surface area contributed by atoms with Crippen molar-refractivity contribution in [3.05, 3.63) is 0 Å². The Balaban J connectivity index is 3.17. The maximum absolute atomic E-state index is 10.8. The molecular formula is C7H16N2O2. The third-order valence-corrected chi connectivity index (χ3v) is 1.16. The number of likely N-dealkylation sites (N-methyl/N-ethyl adjacent to an activating group) is 1. The Bertz CT molecular complexity index is 115. The minimum Gasteiger partial charge on any atom is -0.375 e. The molecule has 0 aliphatic rings. The van der Waals surface area contributed by atoms with Crippen molar-refractivity contribution < 1.29 is 9.53 Å². The second-order valence-electron chi connectivity index (χ2n) is 2.59. The largest absolute Gasteiger partial charge is 0.375 e. The summed E-state index contributed by atoms with van der Waals surface area (Å²) in [6, 6.07) is 0. The monoisotopic (exact) mass is 160 g/mol. The van der Waals surface area contributed by atoms with Gasteiger partial charge in [0.15, 0.2) is 0 Å². The van der Waals surface area contributed by atoms with Crippen molar-refractivity contribution in [1.29, 1.82) is 0 Å². The van der Waals surface area contributed by atoms with E-state index in [1.165, 1.54) is 7.11 Å². The summed E-state index contributed by atoms with van der Waals surface area (Å²) >= 11 is 0. The van der Waals surface area contributed by atoms with Gasteiger partial charge in [0.25, 0.3) is 0 Å². The number of nitrogens with zero attached hydrogens (tertiary/aromatic N) is 1. The molecule has 0 saturated heterocycles. The molecule has 0 aliphatic carbocycles. The zero-order valence-electron chi connectivity index (χ0n) is 7.39. The number of hydrogen-bond donors (Lipinski definition) is 1. The van der Waals surface area contributed by atoms with E-state index < -0.39 is 0 Å². The molecule has 0 atom stereocenters. The number of carbonyl (C=O) groups excluding carboxylic acids is 1. The summed E-state index contributed by atoms with van der Waals surface area (Å²) in [4.78, 5) is 12.8. The summed E-state index contributed by atoms with van der Waals surface area (Å²) in [5.41, 5.74) is 0. The van der Waals surface area contributed by atoms with Gasteiger partial charge in [-0.15, -0.1) is 0 Å². The molecule has 0 bridgehead atoms. The van der Waals surface area contributed by atoms with Crippen LogP contribution in [0.25, 0.3) is 0 Å². The number of methoxy groups -OCH3 is 1. The highest BCUT2D eigenvalue weighted by Gasteiger charge is 1.97. The second kappa shape index (κ2) is 6.12. The maximum atomic E-state index is 10.8. The van der Waals surface area contributed by atoms with Gasteiger partial charge in [-0.2, -0.15) is 0 Å². The van der Waals surface area contributed by atoms with Crippen molar-refractivity contribution in [2.45, 2.75) is 0 Å². The Labute approximate surface area is 67.5 Å². The highest BCUT2D eigenvalue weighted by atomic mass is 16.5. The van der Waals surface area contributed by atoms with Crippen LogP contribution in [0.1, 0.15) is 0 Å². The minimum absolute atomic E-state index is 0.0608. The Hall–Kier alpha value is -0.610. The number of nitrogens with one attached hydrogen (secondary N) is 1. The van der Waals surface area contributed by atoms with Crippen molar-refractivity contribution in [1.82, 2.24) is 10.2 Å². The number of hydrogen-bond acceptors (Lipinski definition) is 3. The molecule has 0 spiro atoms. The molecule has 4 nitrogen and oxygen atoms in total. The quantitative estimate of drug-likeness (QED) is 0.579. The van der Waals surface area contributed by atoms with Gasteiger partial charge < -0.3 is 15.0 Å². The standard InChI is InChI=1S/C7H16N2O2/c1-9(2)5-4-8-7(10)6-11-3/h4-6H2,1-3H3,(H,8,10). The second-order valence-corrected chi connectivity index (χ2v) is 2.59. The summed E-state index contributed by atoms with van der Waals surface area (Å²) < 4.78 is 4.64. The molecule has 1 N–H and O–H groups in total. The molecule has 4 heteroatoms. The van der Waals surface area contributed by atoms with Gasteiger partial charge >= 0.3 is 0 Å². The molecule has 66 valence electrons. The van der Waals surface area contributed by atoms with Crippen molar-refractivity contribution in [3.8, 4) is 0 Å². The van der Waals surface area contributed by atoms with Crippen molar-refractivity contribution >= 4 is 5.91 Å². The first-order valence-electron chi connectivity index (χ1n) is 3.57. The molecule has 0 aromatic carbocycles. The van der Waals surface area contributed by atoms with Crippen LogP contribution in [-0.4, -0.2) is 51.7 Å². The molecule has 0 aromatic rings. The number of rotatable bonds is 5. The zero-order valence-corrected chi connectivity index (χ0v) is 7.39. The van der Waals surface area contributed by atoms with Gasteiger partial charge in [-0.05, 0) is 14.1 Å². The first-order valence-corrected chi connectivity index (χ1v) is 3.57. The van der Waals surface area contributed by atoms with Gasteiger partial charge in [-0.25, -0.2) is 0 Å². The Morgan fingerprint density at radius 2 is 2.18 bits per heavy atom. The first-order chi connectivity index (χ1) is 5.16. The SMILES string of the molecule is COCC(=O)NCCN(C)C. The van der Waals surface area contributed by atoms with Crippen LogP contribution in [0.15, 0.2) is 0 Å². The fourth-order valence-corrected chi connectivity index (χ4v) is 0.601. The van der Waals surface area contributed by atoms with Crippen molar-refractivity contribution in [2.24, 2.45) is 0 Å². The first kappa shape index (κ1) is 10.4. The predicted molar refractivity (Wildman–Crippen MR) is 43.4 cm³/mol. The highest BCUT2D eigenvalue weighted by molar-refractivity contribution is 5.77. The van der Waals surface area contributed by atoms with E-state index in [4.69, 9.17) is 0 Å².